The minimum absolute atomic E-state index is 0.0764. The van der Waals surface area contributed by atoms with Crippen molar-refractivity contribution < 1.29 is 23.9 Å². The van der Waals surface area contributed by atoms with E-state index in [0.717, 1.165) is 17.7 Å². The first-order valence-corrected chi connectivity index (χ1v) is 10.0. The Morgan fingerprint density at radius 2 is 2.00 bits per heavy atom. The maximum absolute atomic E-state index is 12.6. The number of anilines is 1. The fourth-order valence-corrected chi connectivity index (χ4v) is 3.86. The molecule has 1 spiro atoms. The smallest absolute Gasteiger partial charge is 0.325 e. The highest BCUT2D eigenvalue weighted by atomic mass is 35.5. The predicted octanol–water partition coefficient (Wildman–Crippen LogP) is 2.77. The van der Waals surface area contributed by atoms with Crippen LogP contribution in [-0.2, 0) is 19.1 Å². The number of carbonyl (C=O) groups is 4. The molecular formula is C20H24ClN3O5. The number of rotatable bonds is 6. The van der Waals surface area contributed by atoms with E-state index in [2.05, 4.69) is 10.6 Å². The van der Waals surface area contributed by atoms with E-state index in [1.54, 1.807) is 25.1 Å². The minimum atomic E-state index is -1.04. The van der Waals surface area contributed by atoms with Gasteiger partial charge in [-0.15, -0.1) is 0 Å². The van der Waals surface area contributed by atoms with E-state index < -0.39 is 29.6 Å². The molecule has 0 unspecified atom stereocenters. The van der Waals surface area contributed by atoms with Gasteiger partial charge in [0.05, 0.1) is 6.42 Å². The molecule has 3 rings (SSSR count). The summed E-state index contributed by atoms with van der Waals surface area (Å²) >= 11 is 6.03. The average Bonchev–Trinajstić information content (AvgIpc) is 3.23. The number of urea groups is 1. The van der Waals surface area contributed by atoms with Crippen molar-refractivity contribution in [3.63, 3.8) is 0 Å². The van der Waals surface area contributed by atoms with Gasteiger partial charge in [0.1, 0.15) is 5.54 Å². The summed E-state index contributed by atoms with van der Waals surface area (Å²) in [6.07, 6.45) is 1.81. The van der Waals surface area contributed by atoms with Crippen LogP contribution in [0.3, 0.4) is 0 Å². The Morgan fingerprint density at radius 1 is 1.31 bits per heavy atom. The molecule has 4 amide bonds. The molecule has 1 aromatic rings. The molecular weight excluding hydrogens is 398 g/mol. The van der Waals surface area contributed by atoms with Crippen molar-refractivity contribution in [2.45, 2.75) is 57.6 Å². The van der Waals surface area contributed by atoms with Gasteiger partial charge in [0, 0.05) is 17.3 Å². The van der Waals surface area contributed by atoms with Crippen LogP contribution in [0.1, 0.15) is 44.6 Å². The minimum Gasteiger partial charge on any atom is -0.452 e. The highest BCUT2D eigenvalue weighted by Gasteiger charge is 2.52. The molecule has 29 heavy (non-hydrogen) atoms. The molecule has 1 aliphatic carbocycles. The van der Waals surface area contributed by atoms with Crippen molar-refractivity contribution in [3.05, 3.63) is 28.8 Å². The highest BCUT2D eigenvalue weighted by Crippen LogP contribution is 2.35. The first kappa shape index (κ1) is 21.1. The second-order valence-corrected chi connectivity index (χ2v) is 7.87. The van der Waals surface area contributed by atoms with E-state index in [1.165, 1.54) is 6.92 Å². The molecule has 156 valence electrons. The van der Waals surface area contributed by atoms with Crippen LogP contribution in [0.5, 0.6) is 0 Å². The number of amides is 4. The van der Waals surface area contributed by atoms with Gasteiger partial charge in [-0.1, -0.05) is 30.5 Å². The molecule has 1 aliphatic heterocycles. The van der Waals surface area contributed by atoms with Gasteiger partial charge < -0.3 is 15.4 Å². The number of halogens is 1. The van der Waals surface area contributed by atoms with Crippen LogP contribution in [0.25, 0.3) is 0 Å². The zero-order valence-electron chi connectivity index (χ0n) is 16.4. The van der Waals surface area contributed by atoms with Crippen LogP contribution in [0, 0.1) is 6.92 Å². The third-order valence-corrected chi connectivity index (χ3v) is 5.86. The molecule has 1 atom stereocenters. The first-order valence-electron chi connectivity index (χ1n) is 9.63. The van der Waals surface area contributed by atoms with Crippen molar-refractivity contribution in [2.75, 3.05) is 11.9 Å². The third kappa shape index (κ3) is 4.37. The average molecular weight is 422 g/mol. The lowest BCUT2D eigenvalue weighted by Gasteiger charge is -2.20. The Bertz CT molecular complexity index is 851. The van der Waals surface area contributed by atoms with Gasteiger partial charge in [0.15, 0.2) is 6.10 Å². The normalized spacial score (nSPS) is 18.7. The van der Waals surface area contributed by atoms with Gasteiger partial charge in [-0.3, -0.25) is 19.3 Å². The summed E-state index contributed by atoms with van der Waals surface area (Å²) in [5.41, 5.74) is 0.440. The second kappa shape index (κ2) is 8.41. The van der Waals surface area contributed by atoms with Crippen LogP contribution in [0.2, 0.25) is 5.02 Å². The van der Waals surface area contributed by atoms with Crippen LogP contribution >= 0.6 is 11.6 Å². The molecule has 2 N–H and O–H groups in total. The number of esters is 1. The molecule has 2 aliphatic rings. The second-order valence-electron chi connectivity index (χ2n) is 7.46. The quantitative estimate of drug-likeness (QED) is 0.542. The number of hydrogen-bond acceptors (Lipinski definition) is 5. The molecule has 0 bridgehead atoms. The van der Waals surface area contributed by atoms with Gasteiger partial charge in [-0.2, -0.15) is 0 Å². The van der Waals surface area contributed by atoms with Crippen LogP contribution < -0.4 is 10.6 Å². The first-order chi connectivity index (χ1) is 13.7. The topological polar surface area (TPSA) is 105 Å². The van der Waals surface area contributed by atoms with Gasteiger partial charge in [-0.05, 0) is 44.4 Å². The Morgan fingerprint density at radius 3 is 2.69 bits per heavy atom. The molecule has 1 saturated heterocycles. The SMILES string of the molecule is Cc1c(Cl)cccc1NC(=O)[C@@H](C)OC(=O)CCN1C(=O)NC2(CCCC2)C1=O. The number of hydrogen-bond donors (Lipinski definition) is 2. The molecule has 0 radical (unpaired) electrons. The molecule has 2 fully saturated rings. The van der Waals surface area contributed by atoms with E-state index in [1.807, 2.05) is 0 Å². The zero-order valence-corrected chi connectivity index (χ0v) is 17.2. The fourth-order valence-electron chi connectivity index (χ4n) is 3.69. The highest BCUT2D eigenvalue weighted by molar-refractivity contribution is 6.31. The molecule has 1 aromatic carbocycles. The number of nitrogens with zero attached hydrogens (tertiary/aromatic N) is 1. The Kier molecular flexibility index (Phi) is 6.12. The number of ether oxygens (including phenoxy) is 1. The lowest BCUT2D eigenvalue weighted by atomic mass is 9.98. The number of imide groups is 1. The van der Waals surface area contributed by atoms with Crippen molar-refractivity contribution in [1.82, 2.24) is 10.2 Å². The van der Waals surface area contributed by atoms with E-state index in [9.17, 15) is 19.2 Å². The standard InChI is InChI=1S/C20H24ClN3O5/c1-12-14(21)6-5-7-15(12)22-17(26)13(2)29-16(25)8-11-24-18(27)20(23-19(24)28)9-3-4-10-20/h5-7,13H,3-4,8-11H2,1-2H3,(H,22,26)(H,23,28)/t13-/m1/s1. The van der Waals surface area contributed by atoms with Crippen molar-refractivity contribution >= 4 is 41.1 Å². The lowest BCUT2D eigenvalue weighted by Crippen LogP contribution is -2.44. The predicted molar refractivity (Wildman–Crippen MR) is 106 cm³/mol. The van der Waals surface area contributed by atoms with Crippen molar-refractivity contribution in [3.8, 4) is 0 Å². The molecule has 8 nitrogen and oxygen atoms in total. The number of benzene rings is 1. The molecule has 9 heteroatoms. The summed E-state index contributed by atoms with van der Waals surface area (Å²) in [5.74, 6) is -1.44. The van der Waals surface area contributed by atoms with Crippen LogP contribution in [0.4, 0.5) is 10.5 Å². The van der Waals surface area contributed by atoms with Crippen molar-refractivity contribution in [1.29, 1.82) is 0 Å². The van der Waals surface area contributed by atoms with Crippen LogP contribution in [-0.4, -0.2) is 46.9 Å². The Labute approximate surface area is 173 Å². The Balaban J connectivity index is 1.50. The zero-order chi connectivity index (χ0) is 21.2. The van der Waals surface area contributed by atoms with E-state index >= 15 is 0 Å². The summed E-state index contributed by atoms with van der Waals surface area (Å²) in [6, 6.07) is 4.63. The monoisotopic (exact) mass is 421 g/mol. The van der Waals surface area contributed by atoms with E-state index in [-0.39, 0.29) is 18.9 Å². The summed E-state index contributed by atoms with van der Waals surface area (Å²) in [7, 11) is 0. The largest absolute Gasteiger partial charge is 0.452 e. The van der Waals surface area contributed by atoms with Crippen molar-refractivity contribution in [2.24, 2.45) is 0 Å². The number of carbonyl (C=O) groups excluding carboxylic acids is 4. The molecule has 0 aromatic heterocycles. The lowest BCUT2D eigenvalue weighted by molar-refractivity contribution is -0.153. The van der Waals surface area contributed by atoms with Gasteiger partial charge in [0.2, 0.25) is 0 Å². The van der Waals surface area contributed by atoms with E-state index in [4.69, 9.17) is 16.3 Å². The van der Waals surface area contributed by atoms with Crippen LogP contribution in [0.15, 0.2) is 18.2 Å². The van der Waals surface area contributed by atoms with Gasteiger partial charge >= 0.3 is 12.0 Å². The molecule has 1 saturated carbocycles. The summed E-state index contributed by atoms with van der Waals surface area (Å²) in [5, 5.41) is 5.95. The number of nitrogens with one attached hydrogen (secondary N) is 2. The fraction of sp³-hybridized carbons (Fsp3) is 0.500. The summed E-state index contributed by atoms with van der Waals surface area (Å²) in [4.78, 5) is 50.1. The maximum Gasteiger partial charge on any atom is 0.325 e. The molecule has 1 heterocycles. The Hall–Kier alpha value is -2.61. The van der Waals surface area contributed by atoms with Gasteiger partial charge in [-0.25, -0.2) is 4.79 Å². The third-order valence-electron chi connectivity index (χ3n) is 5.45. The maximum atomic E-state index is 12.6. The summed E-state index contributed by atoms with van der Waals surface area (Å²) in [6.45, 7) is 3.14. The summed E-state index contributed by atoms with van der Waals surface area (Å²) < 4.78 is 5.15. The van der Waals surface area contributed by atoms with E-state index in [0.29, 0.717) is 29.1 Å². The van der Waals surface area contributed by atoms with Gasteiger partial charge in [0.25, 0.3) is 11.8 Å².